The van der Waals surface area contributed by atoms with E-state index in [-0.39, 0.29) is 11.7 Å². The van der Waals surface area contributed by atoms with Gasteiger partial charge >= 0.3 is 0 Å². The van der Waals surface area contributed by atoms with Crippen molar-refractivity contribution >= 4 is 22.6 Å². The minimum absolute atomic E-state index is 0.158. The van der Waals surface area contributed by atoms with E-state index in [1.807, 2.05) is 30.3 Å². The molecule has 156 valence electrons. The number of nitrogens with two attached hydrogens (primary N) is 1. The van der Waals surface area contributed by atoms with E-state index in [4.69, 9.17) is 5.73 Å². The maximum absolute atomic E-state index is 13.6. The van der Waals surface area contributed by atoms with Crippen molar-refractivity contribution in [3.63, 3.8) is 0 Å². The van der Waals surface area contributed by atoms with Gasteiger partial charge in [0.15, 0.2) is 5.78 Å². The number of Topliss-reactive ketones (excluding diaryl/α,β-unsaturated/α-hetero) is 1. The van der Waals surface area contributed by atoms with Gasteiger partial charge in [-0.1, -0.05) is 48.5 Å². The molecule has 0 bridgehead atoms. The molecule has 1 amide bonds. The van der Waals surface area contributed by atoms with Crippen LogP contribution in [0.1, 0.15) is 36.5 Å². The summed E-state index contributed by atoms with van der Waals surface area (Å²) in [5, 5.41) is 1.02. The first-order chi connectivity index (χ1) is 14.6. The van der Waals surface area contributed by atoms with Crippen molar-refractivity contribution in [3.05, 3.63) is 60.2 Å². The van der Waals surface area contributed by atoms with Crippen LogP contribution in [0.5, 0.6) is 0 Å². The molecule has 2 heterocycles. The van der Waals surface area contributed by atoms with E-state index in [9.17, 15) is 9.59 Å². The number of aryl methyl sites for hydroxylation is 1. The molecule has 2 N–H and O–H groups in total. The van der Waals surface area contributed by atoms with Crippen molar-refractivity contribution < 1.29 is 9.59 Å². The highest BCUT2D eigenvalue weighted by molar-refractivity contribution is 6.14. The van der Waals surface area contributed by atoms with Crippen molar-refractivity contribution in [2.75, 3.05) is 19.6 Å². The average molecular weight is 404 g/mol. The van der Waals surface area contributed by atoms with Crippen LogP contribution < -0.4 is 5.73 Å². The zero-order chi connectivity index (χ0) is 21.1. The number of rotatable bonds is 7. The molecule has 0 radical (unpaired) electrons. The predicted molar refractivity (Wildman–Crippen MR) is 120 cm³/mol. The molecule has 5 heteroatoms. The van der Waals surface area contributed by atoms with Crippen LogP contribution in [-0.4, -0.2) is 40.8 Å². The lowest BCUT2D eigenvalue weighted by Crippen LogP contribution is -2.38. The summed E-state index contributed by atoms with van der Waals surface area (Å²) in [5.74, 6) is 0.269. The fourth-order valence-electron chi connectivity index (χ4n) is 4.73. The lowest BCUT2D eigenvalue weighted by atomic mass is 9.93. The maximum Gasteiger partial charge on any atom is 0.217 e. The number of piperidine rings is 1. The highest BCUT2D eigenvalue weighted by Crippen LogP contribution is 2.34. The molecule has 30 heavy (non-hydrogen) atoms. The molecule has 0 spiro atoms. The standard InChI is InChI=1S/C25H29N3O2/c1-2-28-21-11-7-6-10-20(21)24(25(28)19-8-4-3-5-9-19)22(29)17-27-14-12-18(13-15-27)16-23(26)30/h3-11,18H,2,12-17H2,1H3,(H2,26,30). The molecule has 4 rings (SSSR count). The van der Waals surface area contributed by atoms with Gasteiger partial charge in [-0.3, -0.25) is 14.5 Å². The largest absolute Gasteiger partial charge is 0.370 e. The molecule has 1 aliphatic rings. The summed E-state index contributed by atoms with van der Waals surface area (Å²) >= 11 is 0. The summed E-state index contributed by atoms with van der Waals surface area (Å²) in [6.07, 6.45) is 2.28. The van der Waals surface area contributed by atoms with Gasteiger partial charge in [-0.15, -0.1) is 0 Å². The number of fused-ring (bicyclic) bond motifs is 1. The lowest BCUT2D eigenvalue weighted by molar-refractivity contribution is -0.119. The number of ketones is 1. The molecule has 0 unspecified atom stereocenters. The Hall–Kier alpha value is -2.92. The summed E-state index contributed by atoms with van der Waals surface area (Å²) in [7, 11) is 0. The highest BCUT2D eigenvalue weighted by Gasteiger charge is 2.26. The molecule has 0 saturated carbocycles. The van der Waals surface area contributed by atoms with Crippen molar-refractivity contribution in [3.8, 4) is 11.3 Å². The van der Waals surface area contributed by atoms with Crippen LogP contribution in [0.4, 0.5) is 0 Å². The third kappa shape index (κ3) is 4.03. The molecule has 1 saturated heterocycles. The summed E-state index contributed by atoms with van der Waals surface area (Å²) in [4.78, 5) is 27.0. The van der Waals surface area contributed by atoms with Gasteiger partial charge in [0.25, 0.3) is 0 Å². The van der Waals surface area contributed by atoms with Crippen LogP contribution in [0.25, 0.3) is 22.2 Å². The molecular formula is C25H29N3O2. The van der Waals surface area contributed by atoms with Crippen molar-refractivity contribution in [2.45, 2.75) is 32.7 Å². The first-order valence-electron chi connectivity index (χ1n) is 10.8. The SMILES string of the molecule is CCn1c(-c2ccccc2)c(C(=O)CN2CCC(CC(N)=O)CC2)c2ccccc21. The Bertz CT molecular complexity index is 1050. The molecule has 0 atom stereocenters. The number of hydrogen-bond donors (Lipinski definition) is 1. The number of carbonyl (C=O) groups is 2. The van der Waals surface area contributed by atoms with Gasteiger partial charge in [0.05, 0.1) is 17.8 Å². The van der Waals surface area contributed by atoms with E-state index in [2.05, 4.69) is 40.7 Å². The Morgan fingerprint density at radius 3 is 2.33 bits per heavy atom. The van der Waals surface area contributed by atoms with Gasteiger partial charge in [-0.25, -0.2) is 0 Å². The van der Waals surface area contributed by atoms with E-state index >= 15 is 0 Å². The summed E-state index contributed by atoms with van der Waals surface area (Å²) < 4.78 is 2.25. The quantitative estimate of drug-likeness (QED) is 0.604. The van der Waals surface area contributed by atoms with Gasteiger partial charge in [0.1, 0.15) is 0 Å². The van der Waals surface area contributed by atoms with Crippen LogP contribution in [-0.2, 0) is 11.3 Å². The van der Waals surface area contributed by atoms with Gasteiger partial charge in [0.2, 0.25) is 5.91 Å². The van der Waals surface area contributed by atoms with Crippen LogP contribution in [0.15, 0.2) is 54.6 Å². The highest BCUT2D eigenvalue weighted by atomic mass is 16.1. The van der Waals surface area contributed by atoms with E-state index in [0.29, 0.717) is 18.9 Å². The number of primary amides is 1. The van der Waals surface area contributed by atoms with Crippen LogP contribution in [0, 0.1) is 5.92 Å². The predicted octanol–water partition coefficient (Wildman–Crippen LogP) is 4.10. The Labute approximate surface area is 177 Å². The van der Waals surface area contributed by atoms with Crippen molar-refractivity contribution in [1.29, 1.82) is 0 Å². The second-order valence-electron chi connectivity index (χ2n) is 8.16. The van der Waals surface area contributed by atoms with Crippen LogP contribution >= 0.6 is 0 Å². The topological polar surface area (TPSA) is 68.3 Å². The first-order valence-corrected chi connectivity index (χ1v) is 10.8. The number of hydrogen-bond acceptors (Lipinski definition) is 3. The molecule has 1 aromatic heterocycles. The fraction of sp³-hybridized carbons (Fsp3) is 0.360. The minimum atomic E-state index is -0.232. The van der Waals surface area contributed by atoms with Gasteiger partial charge in [0, 0.05) is 23.9 Å². The summed E-state index contributed by atoms with van der Waals surface area (Å²) in [5.41, 5.74) is 9.34. The lowest BCUT2D eigenvalue weighted by Gasteiger charge is -2.31. The number of carbonyl (C=O) groups excluding carboxylic acids is 2. The Morgan fingerprint density at radius 2 is 1.67 bits per heavy atom. The summed E-state index contributed by atoms with van der Waals surface area (Å²) in [6, 6.07) is 18.4. The first kappa shape index (κ1) is 20.4. The molecule has 1 fully saturated rings. The molecule has 5 nitrogen and oxygen atoms in total. The minimum Gasteiger partial charge on any atom is -0.370 e. The summed E-state index contributed by atoms with van der Waals surface area (Å²) in [6.45, 7) is 4.99. The van der Waals surface area contributed by atoms with Crippen molar-refractivity contribution in [2.24, 2.45) is 11.7 Å². The zero-order valence-corrected chi connectivity index (χ0v) is 17.5. The Morgan fingerprint density at radius 1 is 1.00 bits per heavy atom. The third-order valence-electron chi connectivity index (χ3n) is 6.18. The molecule has 1 aliphatic heterocycles. The van der Waals surface area contributed by atoms with Crippen LogP contribution in [0.2, 0.25) is 0 Å². The van der Waals surface area contributed by atoms with Crippen molar-refractivity contribution in [1.82, 2.24) is 9.47 Å². The normalized spacial score (nSPS) is 15.5. The van der Waals surface area contributed by atoms with E-state index in [0.717, 1.165) is 60.2 Å². The Kier molecular flexibility index (Phi) is 6.00. The number of amides is 1. The van der Waals surface area contributed by atoms with E-state index in [1.165, 1.54) is 0 Å². The second kappa shape index (κ2) is 8.84. The number of para-hydroxylation sites is 1. The molecule has 2 aromatic carbocycles. The van der Waals surface area contributed by atoms with E-state index in [1.54, 1.807) is 0 Å². The van der Waals surface area contributed by atoms with E-state index < -0.39 is 0 Å². The zero-order valence-electron chi connectivity index (χ0n) is 17.5. The number of nitrogens with zero attached hydrogens (tertiary/aromatic N) is 2. The third-order valence-corrected chi connectivity index (χ3v) is 6.18. The maximum atomic E-state index is 13.6. The number of aromatic nitrogens is 1. The monoisotopic (exact) mass is 403 g/mol. The van der Waals surface area contributed by atoms with Gasteiger partial charge in [-0.05, 0) is 50.4 Å². The molecule has 0 aliphatic carbocycles. The fourth-order valence-corrected chi connectivity index (χ4v) is 4.73. The van der Waals surface area contributed by atoms with Gasteiger partial charge < -0.3 is 10.3 Å². The molecule has 3 aromatic rings. The second-order valence-corrected chi connectivity index (χ2v) is 8.16. The molecular weight excluding hydrogens is 374 g/mol. The average Bonchev–Trinajstić information content (AvgIpc) is 3.10. The van der Waals surface area contributed by atoms with Crippen LogP contribution in [0.3, 0.4) is 0 Å². The Balaban J connectivity index is 1.65. The van der Waals surface area contributed by atoms with Gasteiger partial charge in [-0.2, -0.15) is 0 Å². The number of likely N-dealkylation sites (tertiary alicyclic amines) is 1. The smallest absolute Gasteiger partial charge is 0.217 e. The number of benzene rings is 2.